The molecule has 1 heterocycles. The number of nitrogens with zero attached hydrogens (tertiary/aromatic N) is 1. The predicted octanol–water partition coefficient (Wildman–Crippen LogP) is 4.12. The van der Waals surface area contributed by atoms with Gasteiger partial charge in [-0.3, -0.25) is 4.90 Å². The summed E-state index contributed by atoms with van der Waals surface area (Å²) >= 11 is 3.50. The molecule has 21 heavy (non-hydrogen) atoms. The Morgan fingerprint density at radius 1 is 1.14 bits per heavy atom. The standard InChI is InChI=1S/C18H21BrN2/c1-21(13-14-6-8-16(19)9-7-14)18-10-11-20-12-15-4-2-3-5-17(15)18/h2-9,18,20H,10-13H2,1H3. The molecule has 3 rings (SSSR count). The highest BCUT2D eigenvalue weighted by molar-refractivity contribution is 9.10. The lowest BCUT2D eigenvalue weighted by molar-refractivity contribution is 0.226. The van der Waals surface area contributed by atoms with E-state index >= 15 is 0 Å². The minimum Gasteiger partial charge on any atom is -0.313 e. The van der Waals surface area contributed by atoms with Gasteiger partial charge in [0.05, 0.1) is 0 Å². The lowest BCUT2D eigenvalue weighted by atomic mass is 9.98. The first kappa shape index (κ1) is 14.8. The fourth-order valence-electron chi connectivity index (χ4n) is 3.08. The molecule has 110 valence electrons. The van der Waals surface area contributed by atoms with Crippen LogP contribution < -0.4 is 5.32 Å². The third-order valence-electron chi connectivity index (χ3n) is 4.20. The van der Waals surface area contributed by atoms with Gasteiger partial charge in [0.25, 0.3) is 0 Å². The molecule has 3 heteroatoms. The molecule has 2 nitrogen and oxygen atoms in total. The van der Waals surface area contributed by atoms with Crippen LogP contribution in [0.3, 0.4) is 0 Å². The summed E-state index contributed by atoms with van der Waals surface area (Å²) < 4.78 is 1.14. The third kappa shape index (κ3) is 3.54. The van der Waals surface area contributed by atoms with E-state index in [1.165, 1.54) is 16.7 Å². The van der Waals surface area contributed by atoms with Gasteiger partial charge >= 0.3 is 0 Å². The molecule has 1 unspecified atom stereocenters. The van der Waals surface area contributed by atoms with Crippen molar-refractivity contribution in [3.05, 3.63) is 69.7 Å². The fraction of sp³-hybridized carbons (Fsp3) is 0.333. The number of rotatable bonds is 3. The molecule has 2 aromatic carbocycles. The summed E-state index contributed by atoms with van der Waals surface area (Å²) in [4.78, 5) is 2.47. The van der Waals surface area contributed by atoms with Crippen LogP contribution in [0.15, 0.2) is 53.0 Å². The largest absolute Gasteiger partial charge is 0.313 e. The highest BCUT2D eigenvalue weighted by Gasteiger charge is 2.21. The molecule has 1 atom stereocenters. The Morgan fingerprint density at radius 3 is 2.71 bits per heavy atom. The molecule has 0 amide bonds. The zero-order valence-electron chi connectivity index (χ0n) is 12.3. The maximum atomic E-state index is 3.53. The Hall–Kier alpha value is -1.16. The maximum Gasteiger partial charge on any atom is 0.0363 e. The lowest BCUT2D eigenvalue weighted by Crippen LogP contribution is -2.25. The van der Waals surface area contributed by atoms with E-state index in [1.54, 1.807) is 0 Å². The molecule has 0 aromatic heterocycles. The van der Waals surface area contributed by atoms with Crippen molar-refractivity contribution in [3.63, 3.8) is 0 Å². The van der Waals surface area contributed by atoms with E-state index < -0.39 is 0 Å². The van der Waals surface area contributed by atoms with Crippen LogP contribution in [0.2, 0.25) is 0 Å². The summed E-state index contributed by atoms with van der Waals surface area (Å²) in [7, 11) is 2.23. The van der Waals surface area contributed by atoms with Crippen molar-refractivity contribution >= 4 is 15.9 Å². The van der Waals surface area contributed by atoms with Gasteiger partial charge in [-0.1, -0.05) is 52.3 Å². The van der Waals surface area contributed by atoms with Crippen LogP contribution in [0.5, 0.6) is 0 Å². The minimum atomic E-state index is 0.486. The summed E-state index contributed by atoms with van der Waals surface area (Å²) in [6.45, 7) is 3.04. The second-order valence-electron chi connectivity index (χ2n) is 5.72. The quantitative estimate of drug-likeness (QED) is 0.900. The van der Waals surface area contributed by atoms with Gasteiger partial charge < -0.3 is 5.32 Å². The zero-order valence-corrected chi connectivity index (χ0v) is 13.9. The average molecular weight is 345 g/mol. The van der Waals surface area contributed by atoms with Crippen molar-refractivity contribution in [2.75, 3.05) is 13.6 Å². The van der Waals surface area contributed by atoms with E-state index in [1.807, 2.05) is 0 Å². The third-order valence-corrected chi connectivity index (χ3v) is 4.73. The number of halogens is 1. The van der Waals surface area contributed by atoms with Gasteiger partial charge in [-0.2, -0.15) is 0 Å². The Balaban J connectivity index is 1.80. The molecule has 0 bridgehead atoms. The van der Waals surface area contributed by atoms with Crippen molar-refractivity contribution < 1.29 is 0 Å². The van der Waals surface area contributed by atoms with E-state index in [4.69, 9.17) is 0 Å². The Kier molecular flexibility index (Phi) is 4.73. The molecular formula is C18H21BrN2. The number of nitrogens with one attached hydrogen (secondary N) is 1. The second kappa shape index (κ2) is 6.73. The summed E-state index contributed by atoms with van der Waals surface area (Å²) in [5.41, 5.74) is 4.26. The van der Waals surface area contributed by atoms with Gasteiger partial charge in [0.2, 0.25) is 0 Å². The van der Waals surface area contributed by atoms with Crippen molar-refractivity contribution in [2.24, 2.45) is 0 Å². The fourth-order valence-corrected chi connectivity index (χ4v) is 3.35. The topological polar surface area (TPSA) is 15.3 Å². The number of fused-ring (bicyclic) bond motifs is 1. The molecule has 0 spiro atoms. The monoisotopic (exact) mass is 344 g/mol. The van der Waals surface area contributed by atoms with Crippen molar-refractivity contribution in [2.45, 2.75) is 25.6 Å². The molecule has 0 saturated heterocycles. The molecule has 0 fully saturated rings. The van der Waals surface area contributed by atoms with Crippen LogP contribution in [0, 0.1) is 0 Å². The van der Waals surface area contributed by atoms with Crippen molar-refractivity contribution in [1.29, 1.82) is 0 Å². The van der Waals surface area contributed by atoms with Gasteiger partial charge in [-0.15, -0.1) is 0 Å². The molecular weight excluding hydrogens is 324 g/mol. The van der Waals surface area contributed by atoms with Gasteiger partial charge in [0, 0.05) is 23.6 Å². The van der Waals surface area contributed by atoms with E-state index in [0.717, 1.165) is 30.5 Å². The van der Waals surface area contributed by atoms with Gasteiger partial charge in [0.1, 0.15) is 0 Å². The van der Waals surface area contributed by atoms with Crippen LogP contribution in [0.25, 0.3) is 0 Å². The molecule has 0 radical (unpaired) electrons. The van der Waals surface area contributed by atoms with Crippen LogP contribution in [-0.4, -0.2) is 18.5 Å². The number of hydrogen-bond acceptors (Lipinski definition) is 2. The maximum absolute atomic E-state index is 3.53. The van der Waals surface area contributed by atoms with Crippen LogP contribution in [0.4, 0.5) is 0 Å². The Bertz CT molecular complexity index is 594. The first-order valence-corrected chi connectivity index (χ1v) is 8.26. The van der Waals surface area contributed by atoms with E-state index in [2.05, 4.69) is 81.7 Å². The molecule has 0 aliphatic carbocycles. The van der Waals surface area contributed by atoms with Crippen LogP contribution in [-0.2, 0) is 13.1 Å². The smallest absolute Gasteiger partial charge is 0.0363 e. The first-order chi connectivity index (χ1) is 10.2. The first-order valence-electron chi connectivity index (χ1n) is 7.47. The van der Waals surface area contributed by atoms with E-state index in [0.29, 0.717) is 6.04 Å². The van der Waals surface area contributed by atoms with Crippen LogP contribution >= 0.6 is 15.9 Å². The van der Waals surface area contributed by atoms with Crippen molar-refractivity contribution in [1.82, 2.24) is 10.2 Å². The molecule has 1 aliphatic heterocycles. The van der Waals surface area contributed by atoms with Gasteiger partial charge in [0.15, 0.2) is 0 Å². The molecule has 2 aromatic rings. The number of hydrogen-bond donors (Lipinski definition) is 1. The van der Waals surface area contributed by atoms with Crippen LogP contribution in [0.1, 0.15) is 29.2 Å². The van der Waals surface area contributed by atoms with Gasteiger partial charge in [-0.05, 0) is 48.8 Å². The van der Waals surface area contributed by atoms with E-state index in [9.17, 15) is 0 Å². The number of benzene rings is 2. The molecule has 1 N–H and O–H groups in total. The Labute approximate surface area is 135 Å². The Morgan fingerprint density at radius 2 is 1.90 bits per heavy atom. The average Bonchev–Trinajstić information content (AvgIpc) is 2.72. The summed E-state index contributed by atoms with van der Waals surface area (Å²) in [6.07, 6.45) is 1.16. The highest BCUT2D eigenvalue weighted by Crippen LogP contribution is 2.29. The summed E-state index contributed by atoms with van der Waals surface area (Å²) in [5, 5.41) is 3.53. The minimum absolute atomic E-state index is 0.486. The molecule has 1 aliphatic rings. The predicted molar refractivity (Wildman–Crippen MR) is 91.1 cm³/mol. The highest BCUT2D eigenvalue weighted by atomic mass is 79.9. The normalized spacial score (nSPS) is 18.3. The lowest BCUT2D eigenvalue weighted by Gasteiger charge is -2.28. The SMILES string of the molecule is CN(Cc1ccc(Br)cc1)C1CCNCc2ccccc21. The van der Waals surface area contributed by atoms with E-state index in [-0.39, 0.29) is 0 Å². The second-order valence-corrected chi connectivity index (χ2v) is 6.64. The van der Waals surface area contributed by atoms with Crippen molar-refractivity contribution in [3.8, 4) is 0 Å². The summed E-state index contributed by atoms with van der Waals surface area (Å²) in [5.74, 6) is 0. The van der Waals surface area contributed by atoms with Gasteiger partial charge in [-0.25, -0.2) is 0 Å². The zero-order chi connectivity index (χ0) is 14.7. The summed E-state index contributed by atoms with van der Waals surface area (Å²) in [6, 6.07) is 17.9. The molecule has 0 saturated carbocycles.